The molecule has 2 N–H and O–H groups in total. The van der Waals surface area contributed by atoms with Gasteiger partial charge in [-0.15, -0.1) is 6.58 Å². The van der Waals surface area contributed by atoms with Gasteiger partial charge in [-0.1, -0.05) is 51.3 Å². The lowest BCUT2D eigenvalue weighted by molar-refractivity contribution is -0.167. The molecule has 4 aliphatic carbocycles. The van der Waals surface area contributed by atoms with Gasteiger partial charge in [-0.05, 0) is 93.3 Å². The van der Waals surface area contributed by atoms with Crippen LogP contribution >= 0.6 is 0 Å². The van der Waals surface area contributed by atoms with E-state index in [0.29, 0.717) is 18.8 Å². The number of rotatable bonds is 7. The molecule has 37 heavy (non-hydrogen) atoms. The Kier molecular flexibility index (Phi) is 7.32. The van der Waals surface area contributed by atoms with Crippen molar-refractivity contribution < 1.29 is 24.5 Å². The fourth-order valence-corrected chi connectivity index (χ4v) is 9.97. The van der Waals surface area contributed by atoms with Gasteiger partial charge in [0.1, 0.15) is 6.10 Å². The molecule has 0 bridgehead atoms. The van der Waals surface area contributed by atoms with E-state index in [1.54, 1.807) is 5.57 Å². The Morgan fingerprint density at radius 3 is 2.32 bits per heavy atom. The highest BCUT2D eigenvalue weighted by atomic mass is 16.5. The SMILES string of the molecule is C=C(C)CCCC(C(=O)O)C1C(O)CC2(C)C3=C(CCC12C)C1(C)CCC(OC(C)=O)C(C)(C)C1CC3. The van der Waals surface area contributed by atoms with Crippen molar-refractivity contribution in [1.82, 2.24) is 0 Å². The van der Waals surface area contributed by atoms with E-state index in [9.17, 15) is 19.8 Å². The van der Waals surface area contributed by atoms with E-state index in [1.807, 2.05) is 6.92 Å². The number of aliphatic hydroxyl groups is 1. The van der Waals surface area contributed by atoms with Crippen molar-refractivity contribution in [1.29, 1.82) is 0 Å². The largest absolute Gasteiger partial charge is 0.481 e. The van der Waals surface area contributed by atoms with Crippen LogP contribution in [0.4, 0.5) is 0 Å². The van der Waals surface area contributed by atoms with E-state index >= 15 is 0 Å². The normalized spacial score (nSPS) is 41.3. The first-order valence-electron chi connectivity index (χ1n) is 14.5. The van der Waals surface area contributed by atoms with E-state index in [0.717, 1.165) is 56.9 Å². The minimum Gasteiger partial charge on any atom is -0.481 e. The smallest absolute Gasteiger partial charge is 0.306 e. The summed E-state index contributed by atoms with van der Waals surface area (Å²) in [6.45, 7) is 19.1. The molecule has 4 aliphatic rings. The molecular weight excluding hydrogens is 464 g/mol. The van der Waals surface area contributed by atoms with Gasteiger partial charge < -0.3 is 14.9 Å². The van der Waals surface area contributed by atoms with Gasteiger partial charge >= 0.3 is 11.9 Å². The van der Waals surface area contributed by atoms with Gasteiger partial charge in [0.15, 0.2) is 0 Å². The Morgan fingerprint density at radius 2 is 1.73 bits per heavy atom. The third-order valence-corrected chi connectivity index (χ3v) is 11.9. The zero-order valence-corrected chi connectivity index (χ0v) is 24.3. The lowest BCUT2D eigenvalue weighted by Gasteiger charge is -2.62. The molecule has 5 nitrogen and oxygen atoms in total. The minimum absolute atomic E-state index is 0.0504. The van der Waals surface area contributed by atoms with Crippen molar-refractivity contribution in [2.45, 2.75) is 125 Å². The average Bonchev–Trinajstić information content (AvgIpc) is 2.98. The zero-order valence-electron chi connectivity index (χ0n) is 24.3. The fraction of sp³-hybridized carbons (Fsp3) is 0.812. The Bertz CT molecular complexity index is 993. The molecule has 0 aliphatic heterocycles. The molecule has 2 fully saturated rings. The van der Waals surface area contributed by atoms with Crippen LogP contribution in [0.3, 0.4) is 0 Å². The minimum atomic E-state index is -0.766. The van der Waals surface area contributed by atoms with Crippen molar-refractivity contribution in [2.24, 2.45) is 39.4 Å². The monoisotopic (exact) mass is 514 g/mol. The zero-order chi connectivity index (χ0) is 27.6. The van der Waals surface area contributed by atoms with Crippen molar-refractivity contribution >= 4 is 11.9 Å². The van der Waals surface area contributed by atoms with E-state index in [4.69, 9.17) is 4.74 Å². The van der Waals surface area contributed by atoms with Crippen LogP contribution in [0, 0.1) is 39.4 Å². The molecule has 8 atom stereocenters. The van der Waals surface area contributed by atoms with Gasteiger partial charge in [0.25, 0.3) is 0 Å². The summed E-state index contributed by atoms with van der Waals surface area (Å²) >= 11 is 0. The number of carbonyl (C=O) groups is 2. The second kappa shape index (κ2) is 9.54. The molecule has 5 heteroatoms. The Morgan fingerprint density at radius 1 is 1.05 bits per heavy atom. The number of carboxylic acid groups (broad SMARTS) is 1. The first kappa shape index (κ1) is 28.4. The van der Waals surface area contributed by atoms with Gasteiger partial charge in [-0.2, -0.15) is 0 Å². The lowest BCUT2D eigenvalue weighted by atomic mass is 9.43. The van der Waals surface area contributed by atoms with Gasteiger partial charge in [-0.25, -0.2) is 0 Å². The summed E-state index contributed by atoms with van der Waals surface area (Å²) in [5.74, 6) is -1.30. The number of carboxylic acids is 1. The number of aliphatic carboxylic acids is 1. The predicted molar refractivity (Wildman–Crippen MR) is 146 cm³/mol. The first-order valence-corrected chi connectivity index (χ1v) is 14.5. The van der Waals surface area contributed by atoms with E-state index in [-0.39, 0.29) is 39.7 Å². The summed E-state index contributed by atoms with van der Waals surface area (Å²) in [5.41, 5.74) is 3.66. The second-order valence-corrected chi connectivity index (χ2v) is 14.3. The maximum atomic E-state index is 12.5. The molecule has 8 unspecified atom stereocenters. The van der Waals surface area contributed by atoms with Crippen molar-refractivity contribution in [2.75, 3.05) is 0 Å². The highest BCUT2D eigenvalue weighted by Gasteiger charge is 2.66. The van der Waals surface area contributed by atoms with Crippen LogP contribution < -0.4 is 0 Å². The molecule has 0 aromatic heterocycles. The topological polar surface area (TPSA) is 83.8 Å². The molecule has 0 saturated heterocycles. The molecular formula is C32H50O5. The summed E-state index contributed by atoms with van der Waals surface area (Å²) < 4.78 is 5.82. The summed E-state index contributed by atoms with van der Waals surface area (Å²) in [7, 11) is 0. The molecule has 0 aromatic carbocycles. The highest BCUT2D eigenvalue weighted by molar-refractivity contribution is 5.71. The lowest BCUT2D eigenvalue weighted by Crippen LogP contribution is -2.56. The van der Waals surface area contributed by atoms with Crippen LogP contribution in [0.2, 0.25) is 0 Å². The fourth-order valence-electron chi connectivity index (χ4n) is 9.97. The summed E-state index contributed by atoms with van der Waals surface area (Å²) in [6, 6.07) is 0. The molecule has 0 aromatic rings. The quantitative estimate of drug-likeness (QED) is 0.280. The van der Waals surface area contributed by atoms with Crippen molar-refractivity contribution in [3.05, 3.63) is 23.3 Å². The third kappa shape index (κ3) is 4.32. The average molecular weight is 515 g/mol. The van der Waals surface area contributed by atoms with Gasteiger partial charge in [0, 0.05) is 18.3 Å². The van der Waals surface area contributed by atoms with Crippen LogP contribution in [0.1, 0.15) is 113 Å². The Balaban J connectivity index is 1.69. The number of hydrogen-bond acceptors (Lipinski definition) is 4. The van der Waals surface area contributed by atoms with Crippen LogP contribution in [-0.2, 0) is 14.3 Å². The summed E-state index contributed by atoms with van der Waals surface area (Å²) in [4.78, 5) is 24.4. The maximum absolute atomic E-state index is 12.5. The highest BCUT2D eigenvalue weighted by Crippen LogP contribution is 2.72. The van der Waals surface area contributed by atoms with Crippen LogP contribution in [-0.4, -0.2) is 34.4 Å². The molecule has 0 radical (unpaired) electrons. The Hall–Kier alpha value is -1.62. The van der Waals surface area contributed by atoms with Crippen LogP contribution in [0.25, 0.3) is 0 Å². The van der Waals surface area contributed by atoms with Crippen LogP contribution in [0.15, 0.2) is 23.3 Å². The first-order chi connectivity index (χ1) is 17.1. The summed E-state index contributed by atoms with van der Waals surface area (Å²) in [6.07, 6.45) is 8.04. The van der Waals surface area contributed by atoms with Gasteiger partial charge in [-0.3, -0.25) is 9.59 Å². The maximum Gasteiger partial charge on any atom is 0.306 e. The van der Waals surface area contributed by atoms with E-state index < -0.39 is 18.0 Å². The second-order valence-electron chi connectivity index (χ2n) is 14.3. The summed E-state index contributed by atoms with van der Waals surface area (Å²) in [5, 5.41) is 21.8. The number of ether oxygens (including phenoxy) is 1. The number of esters is 1. The number of allylic oxidation sites excluding steroid dienone is 3. The number of hydrogen-bond donors (Lipinski definition) is 2. The number of fused-ring (bicyclic) bond motifs is 4. The standard InChI is InChI=1S/C32H50O5/c1-19(2)10-9-11-21(28(35)36)27-24(34)18-32(8)23-12-13-25-29(4,5)26(37-20(3)33)15-16-30(25,6)22(23)14-17-31(27,32)7/h21,24-27,34H,1,9-18H2,2-8H3,(H,35,36). The molecule has 4 rings (SSSR count). The molecule has 0 heterocycles. The molecule has 208 valence electrons. The van der Waals surface area contributed by atoms with Gasteiger partial charge in [0.05, 0.1) is 12.0 Å². The van der Waals surface area contributed by atoms with E-state index in [2.05, 4.69) is 41.2 Å². The molecule has 0 amide bonds. The number of carbonyl (C=O) groups excluding carboxylic acids is 1. The Labute approximate surface area is 224 Å². The number of aliphatic hydroxyl groups excluding tert-OH is 1. The van der Waals surface area contributed by atoms with Crippen molar-refractivity contribution in [3.8, 4) is 0 Å². The van der Waals surface area contributed by atoms with Crippen LogP contribution in [0.5, 0.6) is 0 Å². The third-order valence-electron chi connectivity index (χ3n) is 11.9. The predicted octanol–water partition coefficient (Wildman–Crippen LogP) is 7.09. The molecule has 2 saturated carbocycles. The van der Waals surface area contributed by atoms with Crippen molar-refractivity contribution in [3.63, 3.8) is 0 Å². The molecule has 0 spiro atoms. The van der Waals surface area contributed by atoms with E-state index in [1.165, 1.54) is 12.5 Å². The van der Waals surface area contributed by atoms with Gasteiger partial charge in [0.2, 0.25) is 0 Å².